The second kappa shape index (κ2) is 6.62. The highest BCUT2D eigenvalue weighted by Crippen LogP contribution is 2.32. The first kappa shape index (κ1) is 15.2. The molecule has 1 aromatic carbocycles. The van der Waals surface area contributed by atoms with Crippen molar-refractivity contribution in [3.63, 3.8) is 0 Å². The molecule has 0 aliphatic carbocycles. The number of thiazole rings is 1. The molecule has 118 valence electrons. The van der Waals surface area contributed by atoms with E-state index in [0.717, 1.165) is 40.5 Å². The largest absolute Gasteiger partial charge is 0.348 e. The Balaban J connectivity index is 1.76. The van der Waals surface area contributed by atoms with E-state index in [2.05, 4.69) is 15.2 Å². The van der Waals surface area contributed by atoms with E-state index in [1.807, 2.05) is 25.1 Å². The summed E-state index contributed by atoms with van der Waals surface area (Å²) >= 11 is 1.69. The number of nitrogens with two attached hydrogens (primary N) is 1. The molecule has 6 heteroatoms. The number of nitrogens with zero attached hydrogens (tertiary/aromatic N) is 2. The summed E-state index contributed by atoms with van der Waals surface area (Å²) in [5, 5.41) is 3.98. The van der Waals surface area contributed by atoms with Crippen LogP contribution in [0.3, 0.4) is 0 Å². The Morgan fingerprint density at radius 2 is 2.23 bits per heavy atom. The Labute approximate surface area is 134 Å². The van der Waals surface area contributed by atoms with E-state index in [9.17, 15) is 4.79 Å². The Bertz CT molecular complexity index is 663. The molecule has 0 spiro atoms. The number of fused-ring (bicyclic) bond motifs is 1. The van der Waals surface area contributed by atoms with Crippen molar-refractivity contribution in [1.82, 2.24) is 4.98 Å². The van der Waals surface area contributed by atoms with Crippen molar-refractivity contribution in [3.8, 4) is 0 Å². The van der Waals surface area contributed by atoms with Gasteiger partial charge in [-0.2, -0.15) is 0 Å². The number of rotatable bonds is 5. The van der Waals surface area contributed by atoms with Gasteiger partial charge in [0.25, 0.3) is 0 Å². The second-order valence-electron chi connectivity index (χ2n) is 5.76. The molecule has 0 bridgehead atoms. The first-order valence-electron chi connectivity index (χ1n) is 7.89. The molecular weight excluding hydrogens is 296 g/mol. The Hall–Kier alpha value is -1.66. The number of aromatic nitrogens is 1. The molecule has 1 atom stereocenters. The Kier molecular flexibility index (Phi) is 4.59. The number of nitrogens with one attached hydrogen (secondary N) is 1. The minimum absolute atomic E-state index is 0.120. The van der Waals surface area contributed by atoms with Crippen LogP contribution in [0.1, 0.15) is 32.6 Å². The highest BCUT2D eigenvalue weighted by Gasteiger charge is 2.17. The molecule has 0 radical (unpaired) electrons. The predicted octanol–water partition coefficient (Wildman–Crippen LogP) is 2.96. The minimum atomic E-state index is -0.442. The number of carbonyl (C=O) groups is 1. The zero-order valence-electron chi connectivity index (χ0n) is 12.8. The molecule has 1 amide bonds. The van der Waals surface area contributed by atoms with Gasteiger partial charge in [0, 0.05) is 18.8 Å². The van der Waals surface area contributed by atoms with Gasteiger partial charge >= 0.3 is 0 Å². The van der Waals surface area contributed by atoms with Crippen molar-refractivity contribution in [2.24, 2.45) is 5.73 Å². The number of amides is 1. The molecule has 2 heterocycles. The first-order chi connectivity index (χ1) is 10.7. The summed E-state index contributed by atoms with van der Waals surface area (Å²) in [5.41, 5.74) is 7.63. The summed E-state index contributed by atoms with van der Waals surface area (Å²) < 4.78 is 1.10. The number of hydrogen-bond acceptors (Lipinski definition) is 5. The van der Waals surface area contributed by atoms with Crippen molar-refractivity contribution in [1.29, 1.82) is 0 Å². The molecule has 3 N–H and O–H groups in total. The lowest BCUT2D eigenvalue weighted by atomic mass is 10.1. The maximum Gasteiger partial charge on any atom is 0.241 e. The van der Waals surface area contributed by atoms with Crippen molar-refractivity contribution >= 4 is 38.3 Å². The van der Waals surface area contributed by atoms with Crippen LogP contribution in [0, 0.1) is 0 Å². The fourth-order valence-electron chi connectivity index (χ4n) is 2.71. The third kappa shape index (κ3) is 3.23. The average molecular weight is 318 g/mol. The zero-order valence-corrected chi connectivity index (χ0v) is 13.7. The van der Waals surface area contributed by atoms with Gasteiger partial charge in [-0.05, 0) is 37.5 Å². The van der Waals surface area contributed by atoms with Crippen LogP contribution in [0.2, 0.25) is 0 Å². The molecule has 3 rings (SSSR count). The highest BCUT2D eigenvalue weighted by atomic mass is 32.1. The van der Waals surface area contributed by atoms with Gasteiger partial charge in [-0.25, -0.2) is 4.98 Å². The highest BCUT2D eigenvalue weighted by molar-refractivity contribution is 7.22. The Morgan fingerprint density at radius 1 is 1.45 bits per heavy atom. The topological polar surface area (TPSA) is 71.2 Å². The smallest absolute Gasteiger partial charge is 0.241 e. The van der Waals surface area contributed by atoms with Gasteiger partial charge in [0.15, 0.2) is 5.13 Å². The molecule has 1 saturated heterocycles. The van der Waals surface area contributed by atoms with Crippen LogP contribution in [-0.4, -0.2) is 30.0 Å². The summed E-state index contributed by atoms with van der Waals surface area (Å²) in [4.78, 5) is 19.0. The lowest BCUT2D eigenvalue weighted by Gasteiger charge is -2.11. The molecule has 0 saturated carbocycles. The standard InChI is InChI=1S/C16H22N4OS/c1-2-5-12(17)15(21)18-11-6-7-13-14(10-11)22-16(19-13)20-8-3-4-9-20/h6-7,10,12H,2-5,8-9,17H2,1H3,(H,18,21). The lowest BCUT2D eigenvalue weighted by molar-refractivity contribution is -0.117. The molecule has 5 nitrogen and oxygen atoms in total. The van der Waals surface area contributed by atoms with Crippen LogP contribution in [-0.2, 0) is 4.79 Å². The number of hydrogen-bond donors (Lipinski definition) is 2. The second-order valence-corrected chi connectivity index (χ2v) is 6.77. The van der Waals surface area contributed by atoms with Gasteiger partial charge in [0.2, 0.25) is 5.91 Å². The summed E-state index contributed by atoms with van der Waals surface area (Å²) in [6.07, 6.45) is 4.09. The van der Waals surface area contributed by atoms with Gasteiger partial charge in [0.05, 0.1) is 16.3 Å². The lowest BCUT2D eigenvalue weighted by Crippen LogP contribution is -2.35. The van der Waals surface area contributed by atoms with E-state index < -0.39 is 6.04 Å². The fourth-order valence-corrected chi connectivity index (χ4v) is 3.77. The van der Waals surface area contributed by atoms with Crippen molar-refractivity contribution in [2.45, 2.75) is 38.6 Å². The van der Waals surface area contributed by atoms with Gasteiger partial charge in [-0.3, -0.25) is 4.79 Å². The van der Waals surface area contributed by atoms with E-state index in [1.54, 1.807) is 11.3 Å². The molecule has 1 aliphatic rings. The third-order valence-electron chi connectivity index (χ3n) is 3.96. The van der Waals surface area contributed by atoms with Crippen LogP contribution >= 0.6 is 11.3 Å². The van der Waals surface area contributed by atoms with Crippen LogP contribution in [0.25, 0.3) is 10.2 Å². The van der Waals surface area contributed by atoms with Crippen molar-refractivity contribution in [2.75, 3.05) is 23.3 Å². The fraction of sp³-hybridized carbons (Fsp3) is 0.500. The van der Waals surface area contributed by atoms with Gasteiger partial charge in [-0.1, -0.05) is 24.7 Å². The summed E-state index contributed by atoms with van der Waals surface area (Å²) in [6.45, 7) is 4.21. The minimum Gasteiger partial charge on any atom is -0.348 e. The SMILES string of the molecule is CCCC(N)C(=O)Nc1ccc2nc(N3CCCC3)sc2c1. The molecular formula is C16H22N4OS. The van der Waals surface area contributed by atoms with E-state index >= 15 is 0 Å². The molecule has 1 aromatic heterocycles. The van der Waals surface area contributed by atoms with Gasteiger partial charge in [-0.15, -0.1) is 0 Å². The maximum absolute atomic E-state index is 12.0. The van der Waals surface area contributed by atoms with E-state index in [0.29, 0.717) is 6.42 Å². The summed E-state index contributed by atoms with van der Waals surface area (Å²) in [6, 6.07) is 5.41. The normalized spacial score (nSPS) is 16.2. The molecule has 22 heavy (non-hydrogen) atoms. The molecule has 2 aromatic rings. The van der Waals surface area contributed by atoms with Crippen molar-refractivity contribution < 1.29 is 4.79 Å². The average Bonchev–Trinajstić information content (AvgIpc) is 3.15. The van der Waals surface area contributed by atoms with Crippen LogP contribution < -0.4 is 16.0 Å². The monoisotopic (exact) mass is 318 g/mol. The van der Waals surface area contributed by atoms with Crippen LogP contribution in [0.4, 0.5) is 10.8 Å². The van der Waals surface area contributed by atoms with E-state index in [1.165, 1.54) is 12.8 Å². The summed E-state index contributed by atoms with van der Waals surface area (Å²) in [7, 11) is 0. The number of carbonyl (C=O) groups excluding carboxylic acids is 1. The number of benzene rings is 1. The van der Waals surface area contributed by atoms with Gasteiger partial charge < -0.3 is 16.0 Å². The summed E-state index contributed by atoms with van der Waals surface area (Å²) in [5.74, 6) is -0.120. The molecule has 1 aliphatic heterocycles. The van der Waals surface area contributed by atoms with Gasteiger partial charge in [0.1, 0.15) is 0 Å². The number of anilines is 2. The van der Waals surface area contributed by atoms with E-state index in [-0.39, 0.29) is 5.91 Å². The Morgan fingerprint density at radius 3 is 2.95 bits per heavy atom. The van der Waals surface area contributed by atoms with Crippen LogP contribution in [0.15, 0.2) is 18.2 Å². The first-order valence-corrected chi connectivity index (χ1v) is 8.71. The quantitative estimate of drug-likeness (QED) is 0.889. The van der Waals surface area contributed by atoms with Crippen LogP contribution in [0.5, 0.6) is 0 Å². The predicted molar refractivity (Wildman–Crippen MR) is 92.6 cm³/mol. The van der Waals surface area contributed by atoms with E-state index in [4.69, 9.17) is 5.73 Å². The zero-order chi connectivity index (χ0) is 15.5. The third-order valence-corrected chi connectivity index (χ3v) is 5.04. The van der Waals surface area contributed by atoms with Crippen molar-refractivity contribution in [3.05, 3.63) is 18.2 Å². The molecule has 1 fully saturated rings. The molecule has 1 unspecified atom stereocenters. The maximum atomic E-state index is 12.0.